The van der Waals surface area contributed by atoms with Crippen LogP contribution in [0, 0.1) is 5.92 Å². The van der Waals surface area contributed by atoms with Crippen LogP contribution in [0.2, 0.25) is 0 Å². The Balaban J connectivity index is 1.28. The normalized spacial score (nSPS) is 25.9. The SMILES string of the molecule is CCC[C@]1(C2CCN(C(=O)c3ccc4ncccc4c3)CC2)NC(=O)N(C[C@H]2CCCO2)C1=O. The van der Waals surface area contributed by atoms with E-state index in [4.69, 9.17) is 4.74 Å². The Morgan fingerprint density at radius 3 is 2.76 bits per heavy atom. The molecule has 4 heterocycles. The van der Waals surface area contributed by atoms with E-state index < -0.39 is 5.54 Å². The number of urea groups is 1. The molecule has 1 N–H and O–H groups in total. The quantitative estimate of drug-likeness (QED) is 0.662. The topological polar surface area (TPSA) is 91.8 Å². The third-order valence-electron chi connectivity index (χ3n) is 7.59. The molecule has 8 heteroatoms. The Labute approximate surface area is 199 Å². The lowest BCUT2D eigenvalue weighted by Crippen LogP contribution is -2.56. The van der Waals surface area contributed by atoms with Crippen molar-refractivity contribution in [3.05, 3.63) is 42.1 Å². The second-order valence-corrected chi connectivity index (χ2v) is 9.68. The third-order valence-corrected chi connectivity index (χ3v) is 7.59. The standard InChI is InChI=1S/C26H32N4O4/c1-2-11-26(24(32)30(25(33)28-26)17-21-6-4-15-34-21)20-9-13-29(14-10-20)23(31)19-7-8-22-18(16-19)5-3-12-27-22/h3,5,7-8,12,16,20-21H,2,4,6,9-11,13-15,17H2,1H3,(H,28,33)/t21-,26-/m1/s1. The first kappa shape index (κ1) is 22.8. The molecular weight excluding hydrogens is 432 g/mol. The molecule has 0 aliphatic carbocycles. The van der Waals surface area contributed by atoms with Crippen LogP contribution in [0.5, 0.6) is 0 Å². The van der Waals surface area contributed by atoms with E-state index in [1.54, 1.807) is 6.20 Å². The van der Waals surface area contributed by atoms with Gasteiger partial charge in [-0.3, -0.25) is 19.5 Å². The second kappa shape index (κ2) is 9.33. The van der Waals surface area contributed by atoms with E-state index >= 15 is 0 Å². The molecule has 0 unspecified atom stereocenters. The van der Waals surface area contributed by atoms with Gasteiger partial charge in [-0.25, -0.2) is 4.79 Å². The molecule has 34 heavy (non-hydrogen) atoms. The third kappa shape index (κ3) is 4.04. The van der Waals surface area contributed by atoms with Crippen LogP contribution in [0.15, 0.2) is 36.5 Å². The van der Waals surface area contributed by atoms with Crippen LogP contribution in [-0.2, 0) is 9.53 Å². The zero-order valence-electron chi connectivity index (χ0n) is 19.7. The van der Waals surface area contributed by atoms with Crippen molar-refractivity contribution < 1.29 is 19.1 Å². The summed E-state index contributed by atoms with van der Waals surface area (Å²) in [6, 6.07) is 9.10. The van der Waals surface area contributed by atoms with E-state index in [0.717, 1.165) is 30.2 Å². The fourth-order valence-electron chi connectivity index (χ4n) is 5.81. The smallest absolute Gasteiger partial charge is 0.325 e. The lowest BCUT2D eigenvalue weighted by molar-refractivity contribution is -0.135. The average Bonchev–Trinajstić information content (AvgIpc) is 3.46. The molecule has 1 aromatic carbocycles. The van der Waals surface area contributed by atoms with E-state index in [0.29, 0.717) is 51.1 Å². The Kier molecular flexibility index (Phi) is 6.25. The van der Waals surface area contributed by atoms with Gasteiger partial charge in [0.05, 0.1) is 18.2 Å². The van der Waals surface area contributed by atoms with E-state index in [1.165, 1.54) is 4.90 Å². The molecule has 0 bridgehead atoms. The summed E-state index contributed by atoms with van der Waals surface area (Å²) in [5, 5.41) is 4.02. The number of nitrogens with zero attached hydrogens (tertiary/aromatic N) is 3. The maximum absolute atomic E-state index is 13.6. The van der Waals surface area contributed by atoms with Gasteiger partial charge < -0.3 is 15.0 Å². The number of hydrogen-bond donors (Lipinski definition) is 1. The summed E-state index contributed by atoms with van der Waals surface area (Å²) in [4.78, 5) is 47.2. The molecule has 3 aliphatic heterocycles. The van der Waals surface area contributed by atoms with E-state index in [1.807, 2.05) is 42.2 Å². The van der Waals surface area contributed by atoms with Crippen LogP contribution in [0.3, 0.4) is 0 Å². The number of carbonyl (C=O) groups is 3. The van der Waals surface area contributed by atoms with Crippen LogP contribution >= 0.6 is 0 Å². The Morgan fingerprint density at radius 2 is 2.03 bits per heavy atom. The summed E-state index contributed by atoms with van der Waals surface area (Å²) < 4.78 is 5.67. The van der Waals surface area contributed by atoms with Crippen molar-refractivity contribution in [1.82, 2.24) is 20.1 Å². The number of nitrogens with one attached hydrogen (secondary N) is 1. The molecule has 1 aromatic heterocycles. The molecule has 3 saturated heterocycles. The van der Waals surface area contributed by atoms with Crippen LogP contribution in [0.1, 0.15) is 55.8 Å². The predicted octanol–water partition coefficient (Wildman–Crippen LogP) is 3.36. The summed E-state index contributed by atoms with van der Waals surface area (Å²) in [5.41, 5.74) is 0.631. The molecule has 4 amide bonds. The van der Waals surface area contributed by atoms with Crippen molar-refractivity contribution in [2.45, 2.75) is 57.1 Å². The molecule has 2 atom stereocenters. The summed E-state index contributed by atoms with van der Waals surface area (Å²) in [6.45, 7) is 4.18. The van der Waals surface area contributed by atoms with E-state index in [-0.39, 0.29) is 29.9 Å². The highest BCUT2D eigenvalue weighted by Gasteiger charge is 2.55. The van der Waals surface area contributed by atoms with E-state index in [2.05, 4.69) is 10.3 Å². The Hall–Kier alpha value is -3.00. The van der Waals surface area contributed by atoms with Crippen LogP contribution in [-0.4, -0.2) is 70.5 Å². The maximum Gasteiger partial charge on any atom is 0.325 e. The first-order valence-electron chi connectivity index (χ1n) is 12.4. The van der Waals surface area contributed by atoms with Gasteiger partial charge in [0.1, 0.15) is 5.54 Å². The fourth-order valence-corrected chi connectivity index (χ4v) is 5.81. The van der Waals surface area contributed by atoms with Gasteiger partial charge in [0.15, 0.2) is 0 Å². The molecule has 180 valence electrons. The van der Waals surface area contributed by atoms with Crippen LogP contribution < -0.4 is 5.32 Å². The Bertz CT molecular complexity index is 1090. The number of piperidine rings is 1. The van der Waals surface area contributed by atoms with Crippen molar-refractivity contribution in [3.8, 4) is 0 Å². The number of fused-ring (bicyclic) bond motifs is 1. The second-order valence-electron chi connectivity index (χ2n) is 9.68. The summed E-state index contributed by atoms with van der Waals surface area (Å²) in [6.07, 6.45) is 6.29. The molecule has 3 aliphatic rings. The molecule has 2 aromatic rings. The van der Waals surface area contributed by atoms with Gasteiger partial charge in [-0.1, -0.05) is 19.4 Å². The zero-order chi connectivity index (χ0) is 23.7. The number of ether oxygens (including phenoxy) is 1. The summed E-state index contributed by atoms with van der Waals surface area (Å²) >= 11 is 0. The number of benzene rings is 1. The summed E-state index contributed by atoms with van der Waals surface area (Å²) in [5.74, 6) is -0.125. The number of carbonyl (C=O) groups excluding carboxylic acids is 3. The first-order chi connectivity index (χ1) is 16.5. The molecule has 0 saturated carbocycles. The van der Waals surface area contributed by atoms with Crippen molar-refractivity contribution in [2.75, 3.05) is 26.2 Å². The van der Waals surface area contributed by atoms with Crippen molar-refractivity contribution in [2.24, 2.45) is 5.92 Å². The highest BCUT2D eigenvalue weighted by atomic mass is 16.5. The predicted molar refractivity (Wildman–Crippen MR) is 127 cm³/mol. The molecule has 0 radical (unpaired) electrons. The molecule has 0 spiro atoms. The minimum absolute atomic E-state index is 0.00301. The molecule has 5 rings (SSSR count). The highest BCUT2D eigenvalue weighted by molar-refractivity contribution is 6.07. The first-order valence-corrected chi connectivity index (χ1v) is 12.4. The van der Waals surface area contributed by atoms with Gasteiger partial charge in [-0.2, -0.15) is 0 Å². The van der Waals surface area contributed by atoms with Gasteiger partial charge in [-0.05, 0) is 62.3 Å². The number of imide groups is 1. The van der Waals surface area contributed by atoms with Crippen LogP contribution in [0.4, 0.5) is 4.79 Å². The van der Waals surface area contributed by atoms with E-state index in [9.17, 15) is 14.4 Å². The lowest BCUT2D eigenvalue weighted by Gasteiger charge is -2.41. The zero-order valence-corrected chi connectivity index (χ0v) is 19.7. The number of rotatable bonds is 6. The van der Waals surface area contributed by atoms with Gasteiger partial charge in [0.2, 0.25) is 0 Å². The maximum atomic E-state index is 13.6. The van der Waals surface area contributed by atoms with Crippen molar-refractivity contribution >= 4 is 28.7 Å². The highest BCUT2D eigenvalue weighted by Crippen LogP contribution is 2.38. The van der Waals surface area contributed by atoms with Crippen molar-refractivity contribution in [1.29, 1.82) is 0 Å². The monoisotopic (exact) mass is 464 g/mol. The Morgan fingerprint density at radius 1 is 1.21 bits per heavy atom. The van der Waals surface area contributed by atoms with Gasteiger partial charge in [0, 0.05) is 36.8 Å². The fraction of sp³-hybridized carbons (Fsp3) is 0.538. The summed E-state index contributed by atoms with van der Waals surface area (Å²) in [7, 11) is 0. The minimum atomic E-state index is -0.881. The molecule has 8 nitrogen and oxygen atoms in total. The van der Waals surface area contributed by atoms with Gasteiger partial charge in [0.25, 0.3) is 11.8 Å². The largest absolute Gasteiger partial charge is 0.376 e. The average molecular weight is 465 g/mol. The number of pyridine rings is 1. The minimum Gasteiger partial charge on any atom is -0.376 e. The molecular formula is C26H32N4O4. The van der Waals surface area contributed by atoms with Gasteiger partial charge >= 0.3 is 6.03 Å². The van der Waals surface area contributed by atoms with Crippen molar-refractivity contribution in [3.63, 3.8) is 0 Å². The molecule has 3 fully saturated rings. The number of aromatic nitrogens is 1. The number of likely N-dealkylation sites (tertiary alicyclic amines) is 1. The lowest BCUT2D eigenvalue weighted by atomic mass is 9.74. The van der Waals surface area contributed by atoms with Crippen LogP contribution in [0.25, 0.3) is 10.9 Å². The number of amides is 4. The number of hydrogen-bond acceptors (Lipinski definition) is 5. The van der Waals surface area contributed by atoms with Gasteiger partial charge in [-0.15, -0.1) is 0 Å².